The van der Waals surface area contributed by atoms with Crippen LogP contribution in [-0.2, 0) is 4.79 Å². The van der Waals surface area contributed by atoms with Gasteiger partial charge in [0.2, 0.25) is 5.91 Å². The van der Waals surface area contributed by atoms with Gasteiger partial charge >= 0.3 is 0 Å². The summed E-state index contributed by atoms with van der Waals surface area (Å²) in [6, 6.07) is 8.02. The Morgan fingerprint density at radius 2 is 1.94 bits per heavy atom. The normalized spacial score (nSPS) is 15.8. The van der Waals surface area contributed by atoms with Crippen molar-refractivity contribution < 1.29 is 4.79 Å². The number of nitrogens with one attached hydrogen (secondary N) is 2. The molecule has 1 aromatic carbocycles. The van der Waals surface area contributed by atoms with Gasteiger partial charge in [-0.1, -0.05) is 26.0 Å². The smallest absolute Gasteiger partial charge is 0.226 e. The molecule has 0 aromatic heterocycles. The third kappa shape index (κ3) is 3.01. The third-order valence-corrected chi connectivity index (χ3v) is 3.14. The molecular formula is C14H21N3O. The van der Waals surface area contributed by atoms with Crippen molar-refractivity contribution in [2.75, 3.05) is 36.4 Å². The summed E-state index contributed by atoms with van der Waals surface area (Å²) >= 11 is 0. The number of amides is 1. The molecule has 98 valence electrons. The van der Waals surface area contributed by atoms with Crippen LogP contribution in [0.25, 0.3) is 0 Å². The van der Waals surface area contributed by atoms with Crippen molar-refractivity contribution in [1.29, 1.82) is 0 Å². The van der Waals surface area contributed by atoms with E-state index in [1.807, 2.05) is 32.0 Å². The molecule has 0 atom stereocenters. The molecule has 0 radical (unpaired) electrons. The Morgan fingerprint density at radius 1 is 1.28 bits per heavy atom. The first kappa shape index (κ1) is 12.9. The van der Waals surface area contributed by atoms with E-state index in [0.29, 0.717) is 0 Å². The van der Waals surface area contributed by atoms with Gasteiger partial charge in [0.05, 0.1) is 11.4 Å². The van der Waals surface area contributed by atoms with Crippen molar-refractivity contribution in [3.05, 3.63) is 24.3 Å². The maximum Gasteiger partial charge on any atom is 0.226 e. The molecule has 0 aliphatic carbocycles. The summed E-state index contributed by atoms with van der Waals surface area (Å²) in [5, 5.41) is 6.34. The standard InChI is InChI=1S/C14H21N3O/c1-11(2)14(18)16-12-5-3-4-6-13(12)17-9-7-15-8-10-17/h3-6,11,15H,7-10H2,1-2H3,(H,16,18). The number of benzene rings is 1. The third-order valence-electron chi connectivity index (χ3n) is 3.14. The number of carbonyl (C=O) groups excluding carboxylic acids is 1. The molecule has 0 saturated carbocycles. The molecule has 0 bridgehead atoms. The lowest BCUT2D eigenvalue weighted by Crippen LogP contribution is -2.43. The van der Waals surface area contributed by atoms with E-state index >= 15 is 0 Å². The molecule has 2 N–H and O–H groups in total. The van der Waals surface area contributed by atoms with Crippen LogP contribution in [0.3, 0.4) is 0 Å². The molecule has 1 fully saturated rings. The molecule has 1 heterocycles. The van der Waals surface area contributed by atoms with Crippen molar-refractivity contribution in [2.24, 2.45) is 5.92 Å². The summed E-state index contributed by atoms with van der Waals surface area (Å²) in [4.78, 5) is 14.1. The minimum Gasteiger partial charge on any atom is -0.367 e. The minimum atomic E-state index is 0.000999. The first-order chi connectivity index (χ1) is 8.68. The second kappa shape index (κ2) is 5.87. The van der Waals surface area contributed by atoms with Crippen LogP contribution in [0, 0.1) is 5.92 Å². The molecule has 1 aromatic rings. The number of hydrogen-bond acceptors (Lipinski definition) is 3. The average Bonchev–Trinajstić information content (AvgIpc) is 2.40. The number of nitrogens with zero attached hydrogens (tertiary/aromatic N) is 1. The van der Waals surface area contributed by atoms with Gasteiger partial charge in [-0.25, -0.2) is 0 Å². The van der Waals surface area contributed by atoms with Crippen LogP contribution < -0.4 is 15.5 Å². The highest BCUT2D eigenvalue weighted by Crippen LogP contribution is 2.26. The summed E-state index contributed by atoms with van der Waals surface area (Å²) in [6.45, 7) is 7.76. The molecule has 1 saturated heterocycles. The first-order valence-corrected chi connectivity index (χ1v) is 6.54. The lowest BCUT2D eigenvalue weighted by Gasteiger charge is -2.31. The molecule has 1 aliphatic heterocycles. The van der Waals surface area contributed by atoms with Crippen molar-refractivity contribution in [1.82, 2.24) is 5.32 Å². The summed E-state index contributed by atoms with van der Waals surface area (Å²) in [7, 11) is 0. The van der Waals surface area contributed by atoms with Gasteiger partial charge in [-0.3, -0.25) is 4.79 Å². The number of piperazine rings is 1. The average molecular weight is 247 g/mol. The Bertz CT molecular complexity index is 411. The van der Waals surface area contributed by atoms with Crippen LogP contribution in [0.1, 0.15) is 13.8 Å². The summed E-state index contributed by atoms with van der Waals surface area (Å²) in [5.41, 5.74) is 2.03. The predicted octanol–water partition coefficient (Wildman–Crippen LogP) is 1.69. The molecule has 18 heavy (non-hydrogen) atoms. The topological polar surface area (TPSA) is 44.4 Å². The van der Waals surface area contributed by atoms with E-state index in [4.69, 9.17) is 0 Å². The quantitative estimate of drug-likeness (QED) is 0.854. The highest BCUT2D eigenvalue weighted by Gasteiger charge is 2.15. The number of hydrogen-bond donors (Lipinski definition) is 2. The maximum absolute atomic E-state index is 11.8. The fourth-order valence-electron chi connectivity index (χ4n) is 2.04. The first-order valence-electron chi connectivity index (χ1n) is 6.54. The molecule has 1 aliphatic rings. The van der Waals surface area contributed by atoms with E-state index in [0.717, 1.165) is 37.6 Å². The zero-order valence-electron chi connectivity index (χ0n) is 11.1. The molecular weight excluding hydrogens is 226 g/mol. The molecule has 0 unspecified atom stereocenters. The Balaban J connectivity index is 2.16. The van der Waals surface area contributed by atoms with E-state index < -0.39 is 0 Å². The Hall–Kier alpha value is -1.55. The number of anilines is 2. The molecule has 1 amide bonds. The van der Waals surface area contributed by atoms with Crippen LogP contribution in [0.15, 0.2) is 24.3 Å². The van der Waals surface area contributed by atoms with Crippen molar-refractivity contribution in [2.45, 2.75) is 13.8 Å². The van der Waals surface area contributed by atoms with Crippen LogP contribution in [0.4, 0.5) is 11.4 Å². The minimum absolute atomic E-state index is 0.000999. The van der Waals surface area contributed by atoms with E-state index in [2.05, 4.69) is 21.6 Å². The lowest BCUT2D eigenvalue weighted by atomic mass is 10.1. The van der Waals surface area contributed by atoms with Crippen molar-refractivity contribution in [3.63, 3.8) is 0 Å². The highest BCUT2D eigenvalue weighted by molar-refractivity contribution is 5.95. The van der Waals surface area contributed by atoms with Crippen molar-refractivity contribution >= 4 is 17.3 Å². The van der Waals surface area contributed by atoms with E-state index in [-0.39, 0.29) is 11.8 Å². The number of carbonyl (C=O) groups is 1. The van der Waals surface area contributed by atoms with Gasteiger partial charge in [-0.2, -0.15) is 0 Å². The van der Waals surface area contributed by atoms with Gasteiger partial charge in [0.15, 0.2) is 0 Å². The molecule has 2 rings (SSSR count). The largest absolute Gasteiger partial charge is 0.367 e. The van der Waals surface area contributed by atoms with Gasteiger partial charge in [0.25, 0.3) is 0 Å². The van der Waals surface area contributed by atoms with Crippen LogP contribution >= 0.6 is 0 Å². The van der Waals surface area contributed by atoms with E-state index in [1.165, 1.54) is 0 Å². The van der Waals surface area contributed by atoms with Gasteiger partial charge in [0, 0.05) is 32.1 Å². The maximum atomic E-state index is 11.8. The fourth-order valence-corrected chi connectivity index (χ4v) is 2.04. The second-order valence-corrected chi connectivity index (χ2v) is 4.90. The predicted molar refractivity (Wildman–Crippen MR) is 75.0 cm³/mol. The fraction of sp³-hybridized carbons (Fsp3) is 0.500. The van der Waals surface area contributed by atoms with Crippen molar-refractivity contribution in [3.8, 4) is 0 Å². The zero-order valence-corrected chi connectivity index (χ0v) is 11.1. The number of para-hydroxylation sites is 2. The van der Waals surface area contributed by atoms with Gasteiger partial charge in [0.1, 0.15) is 0 Å². The monoisotopic (exact) mass is 247 g/mol. The van der Waals surface area contributed by atoms with Crippen LogP contribution in [0.5, 0.6) is 0 Å². The van der Waals surface area contributed by atoms with Crippen LogP contribution in [0.2, 0.25) is 0 Å². The highest BCUT2D eigenvalue weighted by atomic mass is 16.1. The SMILES string of the molecule is CC(C)C(=O)Nc1ccccc1N1CCNCC1. The zero-order chi connectivity index (χ0) is 13.0. The van der Waals surface area contributed by atoms with Gasteiger partial charge in [-0.15, -0.1) is 0 Å². The summed E-state index contributed by atoms with van der Waals surface area (Å²) in [5.74, 6) is 0.0682. The Kier molecular flexibility index (Phi) is 4.20. The molecule has 4 nitrogen and oxygen atoms in total. The lowest BCUT2D eigenvalue weighted by molar-refractivity contribution is -0.118. The van der Waals surface area contributed by atoms with E-state index in [1.54, 1.807) is 0 Å². The van der Waals surface area contributed by atoms with Gasteiger partial charge < -0.3 is 15.5 Å². The van der Waals surface area contributed by atoms with E-state index in [9.17, 15) is 4.79 Å². The Morgan fingerprint density at radius 3 is 2.61 bits per heavy atom. The summed E-state index contributed by atoms with van der Waals surface area (Å²) in [6.07, 6.45) is 0. The Labute approximate surface area is 108 Å². The van der Waals surface area contributed by atoms with Crippen LogP contribution in [-0.4, -0.2) is 32.1 Å². The van der Waals surface area contributed by atoms with Gasteiger partial charge in [-0.05, 0) is 12.1 Å². The number of rotatable bonds is 3. The molecule has 4 heteroatoms. The second-order valence-electron chi connectivity index (χ2n) is 4.90. The summed E-state index contributed by atoms with van der Waals surface area (Å²) < 4.78 is 0. The molecule has 0 spiro atoms.